The summed E-state index contributed by atoms with van der Waals surface area (Å²) >= 11 is 0. The van der Waals surface area contributed by atoms with Gasteiger partial charge in [0.2, 0.25) is 5.69 Å². The van der Waals surface area contributed by atoms with Gasteiger partial charge in [-0.2, -0.15) is 5.26 Å². The zero-order valence-corrected chi connectivity index (χ0v) is 11.0. The number of ether oxygens (including phenoxy) is 1. The van der Waals surface area contributed by atoms with Crippen LogP contribution in [0.2, 0.25) is 0 Å². The maximum atomic E-state index is 10.7. The van der Waals surface area contributed by atoms with Gasteiger partial charge < -0.3 is 10.1 Å². The van der Waals surface area contributed by atoms with E-state index < -0.39 is 4.92 Å². The second-order valence-corrected chi connectivity index (χ2v) is 4.64. The second kappa shape index (κ2) is 6.82. The van der Waals surface area contributed by atoms with Gasteiger partial charge in [0.25, 0.3) is 0 Å². The number of anilines is 1. The molecule has 1 fully saturated rings. The molecule has 7 heteroatoms. The summed E-state index contributed by atoms with van der Waals surface area (Å²) in [5.74, 6) is 0.475. The highest BCUT2D eigenvalue weighted by molar-refractivity contribution is 5.50. The van der Waals surface area contributed by atoms with Crippen molar-refractivity contribution in [2.45, 2.75) is 31.8 Å². The van der Waals surface area contributed by atoms with Gasteiger partial charge in [0.1, 0.15) is 11.9 Å². The third-order valence-electron chi connectivity index (χ3n) is 3.22. The fraction of sp³-hybridized carbons (Fsp3) is 0.538. The molecule has 0 bridgehead atoms. The highest BCUT2D eigenvalue weighted by Gasteiger charge is 2.16. The number of pyridine rings is 1. The summed E-state index contributed by atoms with van der Waals surface area (Å²) < 4.78 is 5.61. The predicted octanol–water partition coefficient (Wildman–Crippen LogP) is 2.23. The van der Waals surface area contributed by atoms with Gasteiger partial charge in [0.05, 0.1) is 11.0 Å². The molecule has 1 atom stereocenters. The molecule has 0 aromatic carbocycles. The third-order valence-corrected chi connectivity index (χ3v) is 3.22. The summed E-state index contributed by atoms with van der Waals surface area (Å²) in [5.41, 5.74) is -0.442. The molecule has 1 aliphatic heterocycles. The monoisotopic (exact) mass is 276 g/mol. The van der Waals surface area contributed by atoms with Crippen LogP contribution in [0.3, 0.4) is 0 Å². The Morgan fingerprint density at radius 2 is 2.40 bits per heavy atom. The molecule has 0 saturated carbocycles. The average Bonchev–Trinajstić information content (AvgIpc) is 2.48. The van der Waals surface area contributed by atoms with Crippen LogP contribution in [0, 0.1) is 21.4 Å². The largest absolute Gasteiger partial charge is 0.378 e. The van der Waals surface area contributed by atoms with Gasteiger partial charge in [-0.1, -0.05) is 0 Å². The first-order valence-corrected chi connectivity index (χ1v) is 6.61. The Morgan fingerprint density at radius 1 is 1.55 bits per heavy atom. The average molecular weight is 276 g/mol. The molecule has 1 saturated heterocycles. The van der Waals surface area contributed by atoms with Gasteiger partial charge in [0, 0.05) is 19.2 Å². The lowest BCUT2D eigenvalue weighted by molar-refractivity contribution is -0.385. The van der Waals surface area contributed by atoms with Crippen molar-refractivity contribution in [3.8, 4) is 6.07 Å². The smallest absolute Gasteiger partial charge is 0.305 e. The molecule has 0 spiro atoms. The van der Waals surface area contributed by atoms with Crippen LogP contribution in [0.25, 0.3) is 0 Å². The Labute approximate surface area is 116 Å². The first-order valence-electron chi connectivity index (χ1n) is 6.61. The zero-order valence-electron chi connectivity index (χ0n) is 11.0. The van der Waals surface area contributed by atoms with E-state index in [4.69, 9.17) is 10.00 Å². The van der Waals surface area contributed by atoms with E-state index in [9.17, 15) is 10.1 Å². The molecule has 0 aliphatic carbocycles. The molecule has 1 aliphatic rings. The number of aromatic nitrogens is 1. The maximum absolute atomic E-state index is 10.7. The van der Waals surface area contributed by atoms with Crippen LogP contribution in [0.1, 0.15) is 31.4 Å². The van der Waals surface area contributed by atoms with Gasteiger partial charge in [-0.15, -0.1) is 0 Å². The molecule has 1 aromatic rings. The Hall–Kier alpha value is -2.20. The van der Waals surface area contributed by atoms with Crippen LogP contribution in [-0.4, -0.2) is 29.2 Å². The number of nitrogens with one attached hydrogen (secondary N) is 1. The zero-order chi connectivity index (χ0) is 14.4. The molecule has 2 rings (SSSR count). The normalized spacial score (nSPS) is 18.2. The van der Waals surface area contributed by atoms with E-state index in [1.165, 1.54) is 18.6 Å². The van der Waals surface area contributed by atoms with Gasteiger partial charge >= 0.3 is 5.69 Å². The van der Waals surface area contributed by atoms with Crippen LogP contribution < -0.4 is 5.32 Å². The molecule has 0 radical (unpaired) electrons. The number of hydrogen-bond donors (Lipinski definition) is 1. The van der Waals surface area contributed by atoms with E-state index in [-0.39, 0.29) is 17.5 Å². The van der Waals surface area contributed by atoms with Crippen molar-refractivity contribution < 1.29 is 9.66 Å². The van der Waals surface area contributed by atoms with E-state index in [2.05, 4.69) is 10.3 Å². The highest BCUT2D eigenvalue weighted by atomic mass is 16.6. The molecule has 20 heavy (non-hydrogen) atoms. The van der Waals surface area contributed by atoms with E-state index >= 15 is 0 Å². The van der Waals surface area contributed by atoms with E-state index in [0.717, 1.165) is 25.9 Å². The van der Waals surface area contributed by atoms with Crippen LogP contribution in [0.4, 0.5) is 11.5 Å². The minimum Gasteiger partial charge on any atom is -0.378 e. The minimum absolute atomic E-state index is 0.172. The quantitative estimate of drug-likeness (QED) is 0.653. The lowest BCUT2D eigenvalue weighted by Crippen LogP contribution is -2.22. The number of nitro groups is 1. The molecule has 1 N–H and O–H groups in total. The van der Waals surface area contributed by atoms with Gasteiger partial charge in [0.15, 0.2) is 0 Å². The summed E-state index contributed by atoms with van der Waals surface area (Å²) in [5, 5.41) is 22.6. The van der Waals surface area contributed by atoms with Crippen LogP contribution in [0.5, 0.6) is 0 Å². The fourth-order valence-electron chi connectivity index (χ4n) is 2.18. The number of nitriles is 1. The topological polar surface area (TPSA) is 101 Å². The molecule has 2 heterocycles. The molecule has 7 nitrogen and oxygen atoms in total. The van der Waals surface area contributed by atoms with Crippen molar-refractivity contribution >= 4 is 11.5 Å². The van der Waals surface area contributed by atoms with Gasteiger partial charge in [-0.3, -0.25) is 10.1 Å². The summed E-state index contributed by atoms with van der Waals surface area (Å²) in [4.78, 5) is 14.0. The predicted molar refractivity (Wildman–Crippen MR) is 72.3 cm³/mol. The summed E-state index contributed by atoms with van der Waals surface area (Å²) in [6.07, 6.45) is 4.52. The molecule has 0 amide bonds. The highest BCUT2D eigenvalue weighted by Crippen LogP contribution is 2.19. The lowest BCUT2D eigenvalue weighted by Gasteiger charge is -2.22. The minimum atomic E-state index is -0.606. The Bertz CT molecular complexity index is 521. The fourth-order valence-corrected chi connectivity index (χ4v) is 2.18. The SMILES string of the molecule is N#Cc1nc(NCCC2CCCCO2)ccc1[N+](=O)[O-]. The summed E-state index contributed by atoms with van der Waals surface area (Å²) in [6, 6.07) is 4.55. The van der Waals surface area contributed by atoms with Crippen molar-refractivity contribution in [1.29, 1.82) is 5.26 Å². The first kappa shape index (κ1) is 14.2. The molecule has 106 valence electrons. The summed E-state index contributed by atoms with van der Waals surface area (Å²) in [7, 11) is 0. The first-order chi connectivity index (χ1) is 9.70. The number of hydrogen-bond acceptors (Lipinski definition) is 6. The van der Waals surface area contributed by atoms with Crippen molar-refractivity contribution in [2.24, 2.45) is 0 Å². The van der Waals surface area contributed by atoms with Crippen molar-refractivity contribution in [1.82, 2.24) is 4.98 Å². The molecular formula is C13H16N4O3. The third kappa shape index (κ3) is 3.65. The molecule has 1 aromatic heterocycles. The van der Waals surface area contributed by atoms with Crippen LogP contribution in [-0.2, 0) is 4.74 Å². The second-order valence-electron chi connectivity index (χ2n) is 4.64. The Morgan fingerprint density at radius 3 is 3.05 bits per heavy atom. The van der Waals surface area contributed by atoms with Crippen molar-refractivity contribution in [3.05, 3.63) is 27.9 Å². The van der Waals surface area contributed by atoms with Crippen molar-refractivity contribution in [2.75, 3.05) is 18.5 Å². The standard InChI is InChI=1S/C13H16N4O3/c14-9-11-12(17(18)19)4-5-13(16-11)15-7-6-10-3-1-2-8-20-10/h4-5,10H,1-3,6-8H2,(H,15,16). The van der Waals surface area contributed by atoms with Crippen molar-refractivity contribution in [3.63, 3.8) is 0 Å². The van der Waals surface area contributed by atoms with Crippen LogP contribution in [0.15, 0.2) is 12.1 Å². The Kier molecular flexibility index (Phi) is 4.85. The van der Waals surface area contributed by atoms with E-state index in [0.29, 0.717) is 12.4 Å². The number of nitrogens with zero attached hydrogens (tertiary/aromatic N) is 3. The van der Waals surface area contributed by atoms with Crippen LogP contribution >= 0.6 is 0 Å². The van der Waals surface area contributed by atoms with Gasteiger partial charge in [-0.05, 0) is 31.7 Å². The Balaban J connectivity index is 1.90. The number of rotatable bonds is 5. The summed E-state index contributed by atoms with van der Waals surface area (Å²) in [6.45, 7) is 1.49. The van der Waals surface area contributed by atoms with E-state index in [1.54, 1.807) is 6.07 Å². The molecule has 1 unspecified atom stereocenters. The molecular weight excluding hydrogens is 260 g/mol. The van der Waals surface area contributed by atoms with E-state index in [1.807, 2.05) is 0 Å². The van der Waals surface area contributed by atoms with Gasteiger partial charge in [-0.25, -0.2) is 4.98 Å². The maximum Gasteiger partial charge on any atom is 0.305 e. The lowest BCUT2D eigenvalue weighted by atomic mass is 10.1.